The lowest BCUT2D eigenvalue weighted by Gasteiger charge is -2.20. The molecule has 2 rings (SSSR count). The van der Waals surface area contributed by atoms with E-state index >= 15 is 0 Å². The minimum atomic E-state index is -1.25. The molecule has 0 heterocycles. The Labute approximate surface area is 168 Å². The molecule has 0 saturated heterocycles. The van der Waals surface area contributed by atoms with Crippen molar-refractivity contribution >= 4 is 11.8 Å². The monoisotopic (exact) mass is 399 g/mol. The topological polar surface area (TPSA) is 82.0 Å². The Morgan fingerprint density at radius 2 is 1.66 bits per heavy atom. The molecule has 2 aromatic carbocycles. The van der Waals surface area contributed by atoms with Crippen LogP contribution in [0.25, 0.3) is 0 Å². The zero-order chi connectivity index (χ0) is 21.6. The van der Waals surface area contributed by atoms with Gasteiger partial charge in [-0.1, -0.05) is 39.0 Å². The summed E-state index contributed by atoms with van der Waals surface area (Å²) in [6.07, 6.45) is -0.387. The van der Waals surface area contributed by atoms with Gasteiger partial charge in [-0.05, 0) is 35.2 Å². The average molecular weight is 399 g/mol. The van der Waals surface area contributed by atoms with Crippen molar-refractivity contribution in [1.29, 1.82) is 5.26 Å². The Bertz CT molecular complexity index is 908. The van der Waals surface area contributed by atoms with E-state index in [0.717, 1.165) is 17.7 Å². The smallest absolute Gasteiger partial charge is 0.251 e. The SMILES string of the molecule is CC(C)(C)c1ccc(C(=O)NC(Cc2c(F)cccc2F)C(=O)NCC#N)cc1. The zero-order valence-electron chi connectivity index (χ0n) is 16.6. The highest BCUT2D eigenvalue weighted by Crippen LogP contribution is 2.22. The fourth-order valence-corrected chi connectivity index (χ4v) is 2.75. The molecule has 29 heavy (non-hydrogen) atoms. The van der Waals surface area contributed by atoms with Crippen LogP contribution in [0.2, 0.25) is 0 Å². The number of carbonyl (C=O) groups is 2. The Morgan fingerprint density at radius 1 is 1.07 bits per heavy atom. The van der Waals surface area contributed by atoms with Gasteiger partial charge in [-0.2, -0.15) is 5.26 Å². The predicted molar refractivity (Wildman–Crippen MR) is 105 cm³/mol. The molecule has 0 aliphatic rings. The van der Waals surface area contributed by atoms with Crippen LogP contribution in [-0.2, 0) is 16.6 Å². The minimum absolute atomic E-state index is 0.0862. The summed E-state index contributed by atoms with van der Waals surface area (Å²) in [7, 11) is 0. The molecule has 0 aromatic heterocycles. The number of nitriles is 1. The summed E-state index contributed by atoms with van der Waals surface area (Å²) >= 11 is 0. The Kier molecular flexibility index (Phi) is 7.05. The van der Waals surface area contributed by atoms with Crippen molar-refractivity contribution in [2.45, 2.75) is 38.6 Å². The zero-order valence-corrected chi connectivity index (χ0v) is 16.6. The number of amides is 2. The first-order valence-corrected chi connectivity index (χ1v) is 9.12. The standard InChI is InChI=1S/C22H23F2N3O2/c1-22(2,3)15-9-7-14(8-10-15)20(28)27-19(21(29)26-12-11-25)13-16-17(23)5-4-6-18(16)24/h4-10,19H,12-13H2,1-3H3,(H,26,29)(H,27,28). The maximum atomic E-state index is 14.0. The third-order valence-electron chi connectivity index (χ3n) is 4.45. The van der Waals surface area contributed by atoms with Gasteiger partial charge in [0, 0.05) is 17.5 Å². The highest BCUT2D eigenvalue weighted by molar-refractivity contribution is 5.97. The molecule has 0 aliphatic carbocycles. The molecule has 2 N–H and O–H groups in total. The molecule has 152 valence electrons. The number of carbonyl (C=O) groups excluding carboxylic acids is 2. The van der Waals surface area contributed by atoms with Crippen molar-refractivity contribution in [2.75, 3.05) is 6.54 Å². The van der Waals surface area contributed by atoms with Crippen LogP contribution in [0.15, 0.2) is 42.5 Å². The van der Waals surface area contributed by atoms with Gasteiger partial charge in [0.05, 0.1) is 6.07 Å². The van der Waals surface area contributed by atoms with Crippen molar-refractivity contribution in [3.05, 3.63) is 70.8 Å². The van der Waals surface area contributed by atoms with Crippen molar-refractivity contribution in [3.63, 3.8) is 0 Å². The molecule has 1 atom stereocenters. The summed E-state index contributed by atoms with van der Waals surface area (Å²) in [5, 5.41) is 13.5. The second-order valence-electron chi connectivity index (χ2n) is 7.63. The molecular weight excluding hydrogens is 376 g/mol. The van der Waals surface area contributed by atoms with E-state index < -0.39 is 29.5 Å². The summed E-state index contributed by atoms with van der Waals surface area (Å²) in [5.41, 5.74) is 0.945. The highest BCUT2D eigenvalue weighted by Gasteiger charge is 2.25. The first-order chi connectivity index (χ1) is 13.6. The van der Waals surface area contributed by atoms with Gasteiger partial charge in [0.1, 0.15) is 24.2 Å². The van der Waals surface area contributed by atoms with Crippen LogP contribution in [-0.4, -0.2) is 24.4 Å². The number of benzene rings is 2. The number of nitrogens with one attached hydrogen (secondary N) is 2. The molecule has 0 aliphatic heterocycles. The van der Waals surface area contributed by atoms with Gasteiger partial charge in [0.2, 0.25) is 5.91 Å². The number of hydrogen-bond acceptors (Lipinski definition) is 3. The van der Waals surface area contributed by atoms with Gasteiger partial charge in [-0.3, -0.25) is 9.59 Å². The predicted octanol–water partition coefficient (Wildman–Crippen LogP) is 3.24. The van der Waals surface area contributed by atoms with Crippen molar-refractivity contribution in [3.8, 4) is 6.07 Å². The molecule has 0 fully saturated rings. The maximum Gasteiger partial charge on any atom is 0.251 e. The largest absolute Gasteiger partial charge is 0.341 e. The number of halogens is 2. The van der Waals surface area contributed by atoms with Crippen LogP contribution in [0.5, 0.6) is 0 Å². The van der Waals surface area contributed by atoms with E-state index in [1.807, 2.05) is 32.9 Å². The fraction of sp³-hybridized carbons (Fsp3) is 0.318. The van der Waals surface area contributed by atoms with Crippen molar-refractivity contribution < 1.29 is 18.4 Å². The van der Waals surface area contributed by atoms with E-state index in [-0.39, 0.29) is 23.9 Å². The highest BCUT2D eigenvalue weighted by atomic mass is 19.1. The molecule has 5 nitrogen and oxygen atoms in total. The summed E-state index contributed by atoms with van der Waals surface area (Å²) in [5.74, 6) is -2.88. The quantitative estimate of drug-likeness (QED) is 0.732. The van der Waals surface area contributed by atoms with E-state index in [4.69, 9.17) is 5.26 Å². The normalized spacial score (nSPS) is 12.0. The number of nitrogens with zero attached hydrogens (tertiary/aromatic N) is 1. The van der Waals surface area contributed by atoms with E-state index in [1.54, 1.807) is 18.2 Å². The van der Waals surface area contributed by atoms with Gasteiger partial charge in [-0.25, -0.2) is 8.78 Å². The fourth-order valence-electron chi connectivity index (χ4n) is 2.75. The van der Waals surface area contributed by atoms with Crippen LogP contribution in [0.3, 0.4) is 0 Å². The maximum absolute atomic E-state index is 14.0. The second-order valence-corrected chi connectivity index (χ2v) is 7.63. The van der Waals surface area contributed by atoms with Crippen LogP contribution >= 0.6 is 0 Å². The van der Waals surface area contributed by atoms with Gasteiger partial charge in [0.15, 0.2) is 0 Å². The first kappa shape index (κ1) is 22.0. The summed E-state index contributed by atoms with van der Waals surface area (Å²) in [4.78, 5) is 25.0. The molecule has 0 radical (unpaired) electrons. The summed E-state index contributed by atoms with van der Waals surface area (Å²) in [6, 6.07) is 10.8. The van der Waals surface area contributed by atoms with Crippen LogP contribution in [0, 0.1) is 23.0 Å². The summed E-state index contributed by atoms with van der Waals surface area (Å²) < 4.78 is 28.0. The Balaban J connectivity index is 2.24. The van der Waals surface area contributed by atoms with Crippen molar-refractivity contribution in [1.82, 2.24) is 10.6 Å². The summed E-state index contributed by atoms with van der Waals surface area (Å²) in [6.45, 7) is 5.84. The third-order valence-corrected chi connectivity index (χ3v) is 4.45. The van der Waals surface area contributed by atoms with E-state index in [0.29, 0.717) is 5.56 Å². The molecular formula is C22H23F2N3O2. The molecule has 0 bridgehead atoms. The van der Waals surface area contributed by atoms with Crippen LogP contribution in [0.4, 0.5) is 8.78 Å². The van der Waals surface area contributed by atoms with Gasteiger partial charge in [0.25, 0.3) is 5.91 Å². The van der Waals surface area contributed by atoms with Gasteiger partial charge < -0.3 is 10.6 Å². The molecule has 2 amide bonds. The van der Waals surface area contributed by atoms with Gasteiger partial charge in [-0.15, -0.1) is 0 Å². The second kappa shape index (κ2) is 9.28. The number of rotatable bonds is 6. The van der Waals surface area contributed by atoms with E-state index in [9.17, 15) is 18.4 Å². The molecule has 1 unspecified atom stereocenters. The molecule has 0 saturated carbocycles. The lowest BCUT2D eigenvalue weighted by atomic mass is 9.86. The lowest BCUT2D eigenvalue weighted by Crippen LogP contribution is -2.48. The molecule has 7 heteroatoms. The van der Waals surface area contributed by atoms with Crippen LogP contribution < -0.4 is 10.6 Å². The molecule has 0 spiro atoms. The first-order valence-electron chi connectivity index (χ1n) is 9.12. The minimum Gasteiger partial charge on any atom is -0.341 e. The lowest BCUT2D eigenvalue weighted by molar-refractivity contribution is -0.122. The Hall–Kier alpha value is -3.27. The third kappa shape index (κ3) is 5.85. The average Bonchev–Trinajstić information content (AvgIpc) is 2.67. The van der Waals surface area contributed by atoms with Crippen LogP contribution in [0.1, 0.15) is 42.3 Å². The van der Waals surface area contributed by atoms with E-state index in [1.165, 1.54) is 6.07 Å². The van der Waals surface area contributed by atoms with Crippen molar-refractivity contribution in [2.24, 2.45) is 0 Å². The molecule has 2 aromatic rings. The van der Waals surface area contributed by atoms with E-state index in [2.05, 4.69) is 10.6 Å². The number of hydrogen-bond donors (Lipinski definition) is 2. The Morgan fingerprint density at radius 3 is 2.17 bits per heavy atom. The van der Waals surface area contributed by atoms with Gasteiger partial charge >= 0.3 is 0 Å².